The number of nitrogen functional groups attached to an aromatic ring is 1. The van der Waals surface area contributed by atoms with Crippen LogP contribution in [0.4, 0.5) is 5.13 Å². The summed E-state index contributed by atoms with van der Waals surface area (Å²) >= 11 is 2.77. The average molecular weight is 335 g/mol. The molecule has 2 heterocycles. The van der Waals surface area contributed by atoms with Crippen LogP contribution < -0.4 is 5.73 Å². The lowest BCUT2D eigenvalue weighted by atomic mass is 10.1. The van der Waals surface area contributed by atoms with Crippen LogP contribution in [-0.4, -0.2) is 22.8 Å². The highest BCUT2D eigenvalue weighted by Crippen LogP contribution is 2.33. The number of hydrogen-bond donors (Lipinski definition) is 1. The van der Waals surface area contributed by atoms with Crippen molar-refractivity contribution in [3.63, 3.8) is 0 Å². The number of benzene rings is 1. The monoisotopic (exact) mass is 335 g/mol. The fourth-order valence-electron chi connectivity index (χ4n) is 2.02. The Morgan fingerprint density at radius 3 is 2.95 bits per heavy atom. The lowest BCUT2D eigenvalue weighted by molar-refractivity contribution is 0.0491. The number of carbonyl (C=O) groups is 1. The minimum Gasteiger partial charge on any atom is -0.460 e. The molecule has 0 aliphatic heterocycles. The highest BCUT2D eigenvalue weighted by Gasteiger charge is 2.22. The SMILES string of the molecule is CCOC(=O)c1oc2ccccc2c1CSc1nnc(N)s1. The zero-order valence-corrected chi connectivity index (χ0v) is 13.4. The van der Waals surface area contributed by atoms with Crippen molar-refractivity contribution >= 4 is 45.2 Å². The summed E-state index contributed by atoms with van der Waals surface area (Å²) in [7, 11) is 0. The van der Waals surface area contributed by atoms with Crippen molar-refractivity contribution in [1.82, 2.24) is 10.2 Å². The van der Waals surface area contributed by atoms with E-state index in [4.69, 9.17) is 14.9 Å². The van der Waals surface area contributed by atoms with Crippen LogP contribution in [0.5, 0.6) is 0 Å². The molecule has 0 aliphatic rings. The van der Waals surface area contributed by atoms with E-state index in [-0.39, 0.29) is 5.76 Å². The summed E-state index contributed by atoms with van der Waals surface area (Å²) in [6.45, 7) is 2.06. The molecule has 22 heavy (non-hydrogen) atoms. The van der Waals surface area contributed by atoms with Gasteiger partial charge in [0, 0.05) is 16.7 Å². The maximum Gasteiger partial charge on any atom is 0.374 e. The summed E-state index contributed by atoms with van der Waals surface area (Å²) in [5, 5.41) is 9.06. The number of hydrogen-bond acceptors (Lipinski definition) is 8. The van der Waals surface area contributed by atoms with Gasteiger partial charge in [0.15, 0.2) is 4.34 Å². The molecule has 0 amide bonds. The molecule has 114 valence electrons. The fourth-order valence-corrected chi connectivity index (χ4v) is 3.68. The van der Waals surface area contributed by atoms with Gasteiger partial charge in [-0.25, -0.2) is 4.79 Å². The number of esters is 1. The predicted molar refractivity (Wildman–Crippen MR) is 86.1 cm³/mol. The Bertz CT molecular complexity index is 813. The van der Waals surface area contributed by atoms with Gasteiger partial charge in [0.2, 0.25) is 10.9 Å². The maximum absolute atomic E-state index is 12.1. The minimum atomic E-state index is -0.453. The normalized spacial score (nSPS) is 11.0. The van der Waals surface area contributed by atoms with Crippen LogP contribution in [0.3, 0.4) is 0 Å². The van der Waals surface area contributed by atoms with Gasteiger partial charge in [0.1, 0.15) is 5.58 Å². The van der Waals surface area contributed by atoms with Gasteiger partial charge in [0.25, 0.3) is 0 Å². The van der Waals surface area contributed by atoms with Gasteiger partial charge in [-0.1, -0.05) is 41.3 Å². The number of aromatic nitrogens is 2. The zero-order valence-electron chi connectivity index (χ0n) is 11.7. The van der Waals surface area contributed by atoms with Crippen molar-refractivity contribution in [2.75, 3.05) is 12.3 Å². The number of nitrogens with two attached hydrogens (primary N) is 1. The van der Waals surface area contributed by atoms with Gasteiger partial charge in [-0.2, -0.15) is 0 Å². The van der Waals surface area contributed by atoms with Gasteiger partial charge in [0.05, 0.1) is 6.61 Å². The number of para-hydroxylation sites is 1. The summed E-state index contributed by atoms with van der Waals surface area (Å²) in [5.74, 6) is 0.318. The van der Waals surface area contributed by atoms with Gasteiger partial charge >= 0.3 is 5.97 Å². The van der Waals surface area contributed by atoms with E-state index in [9.17, 15) is 4.79 Å². The molecule has 8 heteroatoms. The van der Waals surface area contributed by atoms with E-state index in [1.54, 1.807) is 6.92 Å². The highest BCUT2D eigenvalue weighted by molar-refractivity contribution is 8.00. The standard InChI is InChI=1S/C14H13N3O3S2/c1-2-19-12(18)11-9(7-21-14-17-16-13(15)22-14)8-5-3-4-6-10(8)20-11/h3-6H,2,7H2,1H3,(H2,15,16). The van der Waals surface area contributed by atoms with Crippen molar-refractivity contribution in [3.05, 3.63) is 35.6 Å². The van der Waals surface area contributed by atoms with Crippen molar-refractivity contribution in [3.8, 4) is 0 Å². The Balaban J connectivity index is 1.94. The smallest absolute Gasteiger partial charge is 0.374 e. The largest absolute Gasteiger partial charge is 0.460 e. The van der Waals surface area contributed by atoms with Gasteiger partial charge in [-0.3, -0.25) is 0 Å². The third kappa shape index (κ3) is 2.93. The number of carbonyl (C=O) groups excluding carboxylic acids is 1. The van der Waals surface area contributed by atoms with E-state index in [0.717, 1.165) is 15.3 Å². The number of rotatable bonds is 5. The van der Waals surface area contributed by atoms with Crippen molar-refractivity contribution in [2.24, 2.45) is 0 Å². The number of ether oxygens (including phenoxy) is 1. The van der Waals surface area contributed by atoms with Gasteiger partial charge < -0.3 is 14.9 Å². The molecular weight excluding hydrogens is 322 g/mol. The number of fused-ring (bicyclic) bond motifs is 1. The molecule has 1 aromatic carbocycles. The summed E-state index contributed by atoms with van der Waals surface area (Å²) < 4.78 is 11.5. The Kier molecular flexibility index (Phi) is 4.30. The number of thioether (sulfide) groups is 1. The average Bonchev–Trinajstić information content (AvgIpc) is 3.09. The predicted octanol–water partition coefficient (Wildman–Crippen LogP) is 3.34. The van der Waals surface area contributed by atoms with Crippen LogP contribution >= 0.6 is 23.1 Å². The molecule has 0 spiro atoms. The fraction of sp³-hybridized carbons (Fsp3) is 0.214. The molecule has 6 nitrogen and oxygen atoms in total. The zero-order chi connectivity index (χ0) is 15.5. The summed E-state index contributed by atoms with van der Waals surface area (Å²) in [6, 6.07) is 7.52. The first-order chi connectivity index (χ1) is 10.7. The second kappa shape index (κ2) is 6.37. The van der Waals surface area contributed by atoms with Crippen LogP contribution in [0.15, 0.2) is 33.0 Å². The second-order valence-electron chi connectivity index (χ2n) is 4.32. The van der Waals surface area contributed by atoms with Crippen LogP contribution in [-0.2, 0) is 10.5 Å². The lowest BCUT2D eigenvalue weighted by Crippen LogP contribution is -2.05. The molecule has 0 radical (unpaired) electrons. The number of nitrogens with zero attached hydrogens (tertiary/aromatic N) is 2. The molecule has 0 saturated carbocycles. The lowest BCUT2D eigenvalue weighted by Gasteiger charge is -2.01. The molecule has 0 bridgehead atoms. The first-order valence-electron chi connectivity index (χ1n) is 6.58. The topological polar surface area (TPSA) is 91.2 Å². The molecule has 3 aromatic rings. The highest BCUT2D eigenvalue weighted by atomic mass is 32.2. The summed E-state index contributed by atoms with van der Waals surface area (Å²) in [4.78, 5) is 12.1. The summed E-state index contributed by atoms with van der Waals surface area (Å²) in [6.07, 6.45) is 0. The van der Waals surface area contributed by atoms with Crippen LogP contribution in [0.2, 0.25) is 0 Å². The van der Waals surface area contributed by atoms with E-state index >= 15 is 0 Å². The van der Waals surface area contributed by atoms with Gasteiger partial charge in [-0.15, -0.1) is 10.2 Å². The Morgan fingerprint density at radius 2 is 2.23 bits per heavy atom. The molecule has 2 N–H and O–H groups in total. The number of furan rings is 1. The molecule has 0 saturated heterocycles. The van der Waals surface area contributed by atoms with E-state index < -0.39 is 5.97 Å². The van der Waals surface area contributed by atoms with E-state index in [0.29, 0.717) is 23.1 Å². The van der Waals surface area contributed by atoms with Crippen LogP contribution in [0.25, 0.3) is 11.0 Å². The third-order valence-corrected chi connectivity index (χ3v) is 4.83. The Labute approximate surface area is 134 Å². The molecule has 0 aliphatic carbocycles. The summed E-state index contributed by atoms with van der Waals surface area (Å²) in [5.41, 5.74) is 7.04. The molecule has 0 atom stereocenters. The first kappa shape index (κ1) is 14.9. The molecule has 0 unspecified atom stereocenters. The van der Waals surface area contributed by atoms with E-state index in [1.165, 1.54) is 23.1 Å². The van der Waals surface area contributed by atoms with Crippen molar-refractivity contribution in [2.45, 2.75) is 17.0 Å². The molecule has 0 fully saturated rings. The second-order valence-corrected chi connectivity index (χ2v) is 6.55. The molecule has 2 aromatic heterocycles. The molecular formula is C14H13N3O3S2. The molecule has 3 rings (SSSR count). The Hall–Kier alpha value is -2.06. The van der Waals surface area contributed by atoms with Crippen molar-refractivity contribution < 1.29 is 13.9 Å². The minimum absolute atomic E-state index is 0.244. The number of anilines is 1. The van der Waals surface area contributed by atoms with Crippen LogP contribution in [0.1, 0.15) is 23.0 Å². The van der Waals surface area contributed by atoms with Crippen molar-refractivity contribution in [1.29, 1.82) is 0 Å². The Morgan fingerprint density at radius 1 is 1.41 bits per heavy atom. The quantitative estimate of drug-likeness (QED) is 0.565. The first-order valence-corrected chi connectivity index (χ1v) is 8.38. The van der Waals surface area contributed by atoms with Gasteiger partial charge in [-0.05, 0) is 13.0 Å². The van der Waals surface area contributed by atoms with E-state index in [1.807, 2.05) is 24.3 Å². The van der Waals surface area contributed by atoms with E-state index in [2.05, 4.69) is 10.2 Å². The van der Waals surface area contributed by atoms with Crippen LogP contribution in [0, 0.1) is 0 Å². The third-order valence-electron chi connectivity index (χ3n) is 2.92. The maximum atomic E-state index is 12.1.